The van der Waals surface area contributed by atoms with Gasteiger partial charge in [0.2, 0.25) is 0 Å². The molecule has 3 N–H and O–H groups in total. The van der Waals surface area contributed by atoms with Crippen molar-refractivity contribution in [1.29, 1.82) is 0 Å². The molecule has 3 amide bonds. The maximum absolute atomic E-state index is 12.8. The summed E-state index contributed by atoms with van der Waals surface area (Å²) in [4.78, 5) is 48.7. The summed E-state index contributed by atoms with van der Waals surface area (Å²) < 4.78 is 5.79. The summed E-state index contributed by atoms with van der Waals surface area (Å²) in [7, 11) is 2.01. The first-order valence-corrected chi connectivity index (χ1v) is 11.6. The van der Waals surface area contributed by atoms with Crippen molar-refractivity contribution in [2.45, 2.75) is 19.0 Å². The van der Waals surface area contributed by atoms with E-state index in [1.165, 1.54) is 23.9 Å². The molecule has 3 aromatic rings. The minimum absolute atomic E-state index is 0.0772. The lowest BCUT2D eigenvalue weighted by Crippen LogP contribution is -2.41. The minimum atomic E-state index is -0.860. The Morgan fingerprint density at radius 1 is 1.28 bits per heavy atom. The fourth-order valence-electron chi connectivity index (χ4n) is 3.09. The normalized spacial score (nSPS) is 14.4. The van der Waals surface area contributed by atoms with Crippen molar-refractivity contribution in [2.24, 2.45) is 0 Å². The van der Waals surface area contributed by atoms with Crippen LogP contribution < -0.4 is 16.0 Å². The van der Waals surface area contributed by atoms with Gasteiger partial charge >= 0.3 is 11.8 Å². The van der Waals surface area contributed by atoms with Gasteiger partial charge in [0, 0.05) is 24.5 Å². The summed E-state index contributed by atoms with van der Waals surface area (Å²) in [5.74, 6) is -1.76. The molecule has 4 heterocycles. The van der Waals surface area contributed by atoms with Gasteiger partial charge in [-0.15, -0.1) is 22.7 Å². The van der Waals surface area contributed by atoms with E-state index in [0.717, 1.165) is 34.9 Å². The number of thiazole rings is 1. The van der Waals surface area contributed by atoms with E-state index in [0.29, 0.717) is 26.7 Å². The summed E-state index contributed by atoms with van der Waals surface area (Å²) in [5.41, 5.74) is 0.906. The fraction of sp³-hybridized carbons (Fsp3) is 0.316. The lowest BCUT2D eigenvalue weighted by Gasteiger charge is -2.20. The van der Waals surface area contributed by atoms with Crippen molar-refractivity contribution in [3.63, 3.8) is 0 Å². The molecule has 10 nitrogen and oxygen atoms in total. The summed E-state index contributed by atoms with van der Waals surface area (Å²) in [5, 5.41) is 8.57. The van der Waals surface area contributed by atoms with Gasteiger partial charge in [-0.25, -0.2) is 9.97 Å². The zero-order valence-electron chi connectivity index (χ0n) is 16.9. The standard InChI is InChI=1S/C19H19ClN6O4S2/c1-26-5-4-13-11(8-26)24-19(31-13)18(29)23-10(12-7-21-9-30-12)6-22-16(27)17(28)25-15-3-2-14(20)32-15/h2-3,7,9-10H,4-6,8H2,1H3,(H,22,27)(H,23,29)(H,25,28)/t10-/m0/s1. The van der Waals surface area contributed by atoms with E-state index in [2.05, 4.69) is 30.8 Å². The first-order chi connectivity index (χ1) is 15.4. The molecule has 32 heavy (non-hydrogen) atoms. The van der Waals surface area contributed by atoms with Gasteiger partial charge in [-0.05, 0) is 25.6 Å². The Hall–Kier alpha value is -2.80. The van der Waals surface area contributed by atoms with E-state index >= 15 is 0 Å². The van der Waals surface area contributed by atoms with Gasteiger partial charge in [0.25, 0.3) is 5.91 Å². The second-order valence-corrected chi connectivity index (χ2v) is 9.87. The Morgan fingerprint density at radius 2 is 2.12 bits per heavy atom. The molecular formula is C19H19ClN6O4S2. The van der Waals surface area contributed by atoms with Crippen LogP contribution in [0.3, 0.4) is 0 Å². The van der Waals surface area contributed by atoms with Crippen molar-refractivity contribution in [3.05, 3.63) is 50.4 Å². The lowest BCUT2D eigenvalue weighted by molar-refractivity contribution is -0.136. The number of nitrogens with one attached hydrogen (secondary N) is 3. The third-order valence-electron chi connectivity index (χ3n) is 4.70. The second kappa shape index (κ2) is 9.77. The second-order valence-electron chi connectivity index (χ2n) is 7.07. The molecule has 0 radical (unpaired) electrons. The summed E-state index contributed by atoms with van der Waals surface area (Å²) in [6.45, 7) is 1.54. The van der Waals surface area contributed by atoms with Gasteiger partial charge in [-0.2, -0.15) is 0 Å². The summed E-state index contributed by atoms with van der Waals surface area (Å²) in [6, 6.07) is 2.48. The van der Waals surface area contributed by atoms with Crippen LogP contribution in [0.15, 0.2) is 29.1 Å². The Labute approximate surface area is 196 Å². The molecule has 0 unspecified atom stereocenters. The quantitative estimate of drug-likeness (QED) is 0.447. The number of carbonyl (C=O) groups excluding carboxylic acids is 3. The zero-order valence-corrected chi connectivity index (χ0v) is 19.3. The molecule has 1 aliphatic heterocycles. The molecule has 0 bridgehead atoms. The van der Waals surface area contributed by atoms with Crippen molar-refractivity contribution in [3.8, 4) is 0 Å². The maximum atomic E-state index is 12.8. The van der Waals surface area contributed by atoms with Gasteiger partial charge in [0.15, 0.2) is 11.4 Å². The molecule has 1 aliphatic rings. The average molecular weight is 495 g/mol. The number of carbonyl (C=O) groups is 3. The predicted molar refractivity (Wildman–Crippen MR) is 120 cm³/mol. The minimum Gasteiger partial charge on any atom is -0.446 e. The number of halogens is 1. The molecule has 0 aliphatic carbocycles. The van der Waals surface area contributed by atoms with E-state index in [-0.39, 0.29) is 12.5 Å². The Kier molecular flexibility index (Phi) is 6.84. The van der Waals surface area contributed by atoms with Crippen LogP contribution in [0.2, 0.25) is 4.34 Å². The molecule has 0 saturated carbocycles. The first-order valence-electron chi connectivity index (χ1n) is 9.60. The third kappa shape index (κ3) is 5.33. The van der Waals surface area contributed by atoms with Crippen molar-refractivity contribution >= 4 is 57.0 Å². The molecule has 0 saturated heterocycles. The maximum Gasteiger partial charge on any atom is 0.314 e. The van der Waals surface area contributed by atoms with Crippen LogP contribution in [0.25, 0.3) is 0 Å². The Bertz CT molecular complexity index is 1130. The fourth-order valence-corrected chi connectivity index (χ4v) is 4.99. The summed E-state index contributed by atoms with van der Waals surface area (Å²) >= 11 is 8.32. The number of hydrogen-bond donors (Lipinski definition) is 3. The monoisotopic (exact) mass is 494 g/mol. The molecule has 3 aromatic heterocycles. The highest BCUT2D eigenvalue weighted by Crippen LogP contribution is 2.26. The molecule has 168 valence electrons. The topological polar surface area (TPSA) is 129 Å². The predicted octanol–water partition coefficient (Wildman–Crippen LogP) is 2.06. The highest BCUT2D eigenvalue weighted by molar-refractivity contribution is 7.20. The van der Waals surface area contributed by atoms with Crippen molar-refractivity contribution in [1.82, 2.24) is 25.5 Å². The SMILES string of the molecule is CN1CCc2sc(C(=O)N[C@@H](CNC(=O)C(=O)Nc3ccc(Cl)s3)c3cnco3)nc2C1. The number of oxazole rings is 1. The van der Waals surface area contributed by atoms with Crippen molar-refractivity contribution in [2.75, 3.05) is 25.5 Å². The molecular weight excluding hydrogens is 476 g/mol. The largest absolute Gasteiger partial charge is 0.446 e. The van der Waals surface area contributed by atoms with Gasteiger partial charge in [0.1, 0.15) is 11.8 Å². The Morgan fingerprint density at radius 3 is 2.84 bits per heavy atom. The number of aromatic nitrogens is 2. The van der Waals surface area contributed by atoms with Crippen LogP contribution in [0.1, 0.15) is 32.2 Å². The van der Waals surface area contributed by atoms with Gasteiger partial charge in [0.05, 0.1) is 21.2 Å². The van der Waals surface area contributed by atoms with Gasteiger partial charge in [-0.1, -0.05) is 11.6 Å². The van der Waals surface area contributed by atoms with Gasteiger partial charge in [-0.3, -0.25) is 14.4 Å². The molecule has 4 rings (SSSR count). The number of amides is 3. The van der Waals surface area contributed by atoms with E-state index in [9.17, 15) is 14.4 Å². The number of thiophene rings is 1. The number of rotatable bonds is 6. The van der Waals surface area contributed by atoms with Crippen LogP contribution in [0.4, 0.5) is 5.00 Å². The number of likely N-dealkylation sites (N-methyl/N-ethyl adjacent to an activating group) is 1. The van der Waals surface area contributed by atoms with E-state index in [1.54, 1.807) is 12.1 Å². The number of fused-ring (bicyclic) bond motifs is 1. The average Bonchev–Trinajstić information content (AvgIpc) is 3.51. The Balaban J connectivity index is 1.39. The highest BCUT2D eigenvalue weighted by atomic mass is 35.5. The zero-order chi connectivity index (χ0) is 22.7. The van der Waals surface area contributed by atoms with Crippen molar-refractivity contribution < 1.29 is 18.8 Å². The van der Waals surface area contributed by atoms with Crippen LogP contribution in [0, 0.1) is 0 Å². The van der Waals surface area contributed by atoms with E-state index < -0.39 is 17.9 Å². The number of hydrogen-bond acceptors (Lipinski definition) is 9. The third-order valence-corrected chi connectivity index (χ3v) is 7.00. The molecule has 0 aromatic carbocycles. The molecule has 0 fully saturated rings. The van der Waals surface area contributed by atoms with Gasteiger partial charge < -0.3 is 25.3 Å². The lowest BCUT2D eigenvalue weighted by atomic mass is 10.2. The summed E-state index contributed by atoms with van der Waals surface area (Å²) in [6.07, 6.45) is 3.51. The molecule has 13 heteroatoms. The van der Waals surface area contributed by atoms with Crippen LogP contribution >= 0.6 is 34.3 Å². The number of anilines is 1. The van der Waals surface area contributed by atoms with Crippen LogP contribution in [-0.2, 0) is 22.6 Å². The number of nitrogens with zero attached hydrogens (tertiary/aromatic N) is 3. The smallest absolute Gasteiger partial charge is 0.314 e. The highest BCUT2D eigenvalue weighted by Gasteiger charge is 2.25. The first kappa shape index (κ1) is 22.4. The van der Waals surface area contributed by atoms with E-state index in [1.807, 2.05) is 7.05 Å². The van der Waals surface area contributed by atoms with Crippen LogP contribution in [0.5, 0.6) is 0 Å². The molecule has 1 atom stereocenters. The molecule has 0 spiro atoms. The van der Waals surface area contributed by atoms with Crippen LogP contribution in [-0.4, -0.2) is 52.7 Å². The van der Waals surface area contributed by atoms with E-state index in [4.69, 9.17) is 16.0 Å².